The van der Waals surface area contributed by atoms with Crippen LogP contribution in [0.5, 0.6) is 0 Å². The highest BCUT2D eigenvalue weighted by Crippen LogP contribution is 2.14. The largest absolute Gasteiger partial charge is 0.388 e. The van der Waals surface area contributed by atoms with E-state index in [9.17, 15) is 5.11 Å². The molecule has 0 aliphatic heterocycles. The molecule has 0 heterocycles. The van der Waals surface area contributed by atoms with Gasteiger partial charge in [-0.2, -0.15) is 0 Å². The van der Waals surface area contributed by atoms with E-state index in [1.54, 1.807) is 0 Å². The van der Waals surface area contributed by atoms with Gasteiger partial charge in [0.2, 0.25) is 0 Å². The fourth-order valence-corrected chi connectivity index (χ4v) is 0.911. The normalized spacial score (nSPS) is 10.0. The Balaban J connectivity index is -0.000000333. The van der Waals surface area contributed by atoms with Crippen LogP contribution in [0.1, 0.15) is 25.0 Å². The van der Waals surface area contributed by atoms with Crippen LogP contribution in [0, 0.1) is 0 Å². The lowest BCUT2D eigenvalue weighted by atomic mass is 10.1. The van der Waals surface area contributed by atoms with Crippen molar-refractivity contribution in [1.82, 2.24) is 0 Å². The van der Waals surface area contributed by atoms with E-state index < -0.39 is 0 Å². The molecule has 73 valence electrons. The maximum Gasteiger partial charge on any atom is 0.0787 e. The number of benzene rings is 1. The highest BCUT2D eigenvalue weighted by Gasteiger charge is 2.00. The van der Waals surface area contributed by atoms with Crippen molar-refractivity contribution in [1.29, 1.82) is 0 Å². The summed E-state index contributed by atoms with van der Waals surface area (Å²) in [4.78, 5) is 0. The van der Waals surface area contributed by atoms with Gasteiger partial charge in [-0.05, 0) is 12.0 Å². The van der Waals surface area contributed by atoms with Crippen LogP contribution in [-0.4, -0.2) is 13.5 Å². The van der Waals surface area contributed by atoms with Gasteiger partial charge in [-0.1, -0.05) is 37.3 Å². The Kier molecular flexibility index (Phi) is 12.7. The number of halogens is 2. The van der Waals surface area contributed by atoms with Crippen LogP contribution in [-0.2, 0) is 0 Å². The van der Waals surface area contributed by atoms with Crippen LogP contribution in [0.25, 0.3) is 0 Å². The summed E-state index contributed by atoms with van der Waals surface area (Å²) >= 11 is 0. The summed E-state index contributed by atoms with van der Waals surface area (Å²) < 4.78 is 0. The Hall–Kier alpha value is -0.895. The molecule has 0 aliphatic rings. The molecular formula is C9H14BF2O. The van der Waals surface area contributed by atoms with E-state index in [2.05, 4.69) is 0 Å². The van der Waals surface area contributed by atoms with Gasteiger partial charge in [0.25, 0.3) is 0 Å². The Labute approximate surface area is 79.1 Å². The van der Waals surface area contributed by atoms with Crippen molar-refractivity contribution in [2.75, 3.05) is 0 Å². The zero-order chi connectivity index (χ0) is 7.40. The van der Waals surface area contributed by atoms with Gasteiger partial charge in [0.05, 0.1) is 6.10 Å². The summed E-state index contributed by atoms with van der Waals surface area (Å²) in [5, 5.41) is 9.33. The first-order valence-electron chi connectivity index (χ1n) is 3.57. The number of hydrogen-bond acceptors (Lipinski definition) is 1. The van der Waals surface area contributed by atoms with Crippen LogP contribution in [0.15, 0.2) is 30.3 Å². The van der Waals surface area contributed by atoms with Gasteiger partial charge in [0.1, 0.15) is 0 Å². The molecule has 4 heteroatoms. The molecule has 1 aromatic rings. The second-order valence-corrected chi connectivity index (χ2v) is 2.33. The molecule has 13 heavy (non-hydrogen) atoms. The Morgan fingerprint density at radius 3 is 2.00 bits per heavy atom. The molecule has 0 amide bonds. The first-order chi connectivity index (χ1) is 4.84. The molecular weight excluding hydrogens is 173 g/mol. The second kappa shape index (κ2) is 9.19. The lowest BCUT2D eigenvalue weighted by Gasteiger charge is -2.05. The van der Waals surface area contributed by atoms with Crippen LogP contribution in [0.2, 0.25) is 0 Å². The molecule has 3 radical (unpaired) electrons. The summed E-state index contributed by atoms with van der Waals surface area (Å²) in [6.07, 6.45) is 0.491. The van der Waals surface area contributed by atoms with Gasteiger partial charge in [0, 0.05) is 8.41 Å². The summed E-state index contributed by atoms with van der Waals surface area (Å²) in [5.41, 5.74) is 1.00. The fraction of sp³-hybridized carbons (Fsp3) is 0.333. The molecule has 1 aromatic carbocycles. The summed E-state index contributed by atoms with van der Waals surface area (Å²) in [6.45, 7) is 1.97. The molecule has 1 N–H and O–H groups in total. The third-order valence-corrected chi connectivity index (χ3v) is 1.57. The van der Waals surface area contributed by atoms with E-state index in [4.69, 9.17) is 0 Å². The molecule has 1 rings (SSSR count). The molecule has 0 aromatic heterocycles. The molecule has 0 aliphatic carbocycles. The Morgan fingerprint density at radius 1 is 1.15 bits per heavy atom. The number of aliphatic hydroxyl groups excluding tert-OH is 1. The van der Waals surface area contributed by atoms with Crippen molar-refractivity contribution in [2.24, 2.45) is 0 Å². The van der Waals surface area contributed by atoms with Crippen molar-refractivity contribution in [3.8, 4) is 0 Å². The van der Waals surface area contributed by atoms with E-state index >= 15 is 0 Å². The van der Waals surface area contributed by atoms with Crippen molar-refractivity contribution in [3.05, 3.63) is 35.9 Å². The molecule has 0 saturated heterocycles. The van der Waals surface area contributed by atoms with Gasteiger partial charge in [-0.25, -0.2) is 0 Å². The smallest absolute Gasteiger partial charge is 0.0787 e. The number of rotatable bonds is 2. The third-order valence-electron chi connectivity index (χ3n) is 1.57. The first-order valence-corrected chi connectivity index (χ1v) is 3.57. The van der Waals surface area contributed by atoms with Gasteiger partial charge in [-0.15, -0.1) is 0 Å². The van der Waals surface area contributed by atoms with E-state index in [0.717, 1.165) is 12.0 Å². The lowest BCUT2D eigenvalue weighted by Crippen LogP contribution is -1.93. The minimum Gasteiger partial charge on any atom is -0.388 e. The topological polar surface area (TPSA) is 20.2 Å². The molecule has 0 bridgehead atoms. The van der Waals surface area contributed by atoms with Crippen LogP contribution < -0.4 is 0 Å². The summed E-state index contributed by atoms with van der Waals surface area (Å²) in [5.74, 6) is 0. The highest BCUT2D eigenvalue weighted by atomic mass is 19.0. The SMILES string of the molecule is CCC(O)c1ccccc1.F.F.[B]. The molecule has 1 atom stereocenters. The lowest BCUT2D eigenvalue weighted by molar-refractivity contribution is 0.173. The first kappa shape index (κ1) is 18.0. The van der Waals surface area contributed by atoms with Gasteiger partial charge >= 0.3 is 0 Å². The van der Waals surface area contributed by atoms with Crippen LogP contribution in [0.3, 0.4) is 0 Å². The quantitative estimate of drug-likeness (QED) is 0.702. The van der Waals surface area contributed by atoms with Gasteiger partial charge in [0.15, 0.2) is 0 Å². The fourth-order valence-electron chi connectivity index (χ4n) is 0.911. The molecule has 1 unspecified atom stereocenters. The van der Waals surface area contributed by atoms with Crippen LogP contribution in [0.4, 0.5) is 9.41 Å². The standard InChI is InChI=1S/C9H12O.B.2FH/c1-2-9(10)8-6-4-3-5-7-8;;;/h3-7,9-10H,2H2,1H3;;2*1H. The van der Waals surface area contributed by atoms with Crippen molar-refractivity contribution < 1.29 is 14.5 Å². The molecule has 0 saturated carbocycles. The molecule has 1 nitrogen and oxygen atoms in total. The second-order valence-electron chi connectivity index (χ2n) is 2.33. The maximum absolute atomic E-state index is 9.33. The van der Waals surface area contributed by atoms with E-state index in [1.807, 2.05) is 37.3 Å². The summed E-state index contributed by atoms with van der Waals surface area (Å²) in [6, 6.07) is 9.70. The maximum atomic E-state index is 9.33. The van der Waals surface area contributed by atoms with E-state index in [-0.39, 0.29) is 23.9 Å². The number of hydrogen-bond donors (Lipinski definition) is 1. The molecule has 0 spiro atoms. The van der Waals surface area contributed by atoms with Crippen molar-refractivity contribution >= 4 is 8.41 Å². The predicted molar refractivity (Wildman–Crippen MR) is 52.5 cm³/mol. The Bertz CT molecular complexity index is 194. The summed E-state index contributed by atoms with van der Waals surface area (Å²) in [7, 11) is 0. The number of aliphatic hydroxyl groups is 1. The molecule has 0 fully saturated rings. The average Bonchev–Trinajstić information content (AvgIpc) is 2.05. The average molecular weight is 187 g/mol. The minimum atomic E-state index is -0.291. The third kappa shape index (κ3) is 5.36. The van der Waals surface area contributed by atoms with Gasteiger partial charge < -0.3 is 5.11 Å². The van der Waals surface area contributed by atoms with Crippen LogP contribution >= 0.6 is 0 Å². The zero-order valence-corrected chi connectivity index (χ0v) is 7.51. The highest BCUT2D eigenvalue weighted by molar-refractivity contribution is 5.75. The zero-order valence-electron chi connectivity index (χ0n) is 7.51. The Morgan fingerprint density at radius 2 is 1.62 bits per heavy atom. The van der Waals surface area contributed by atoms with E-state index in [0.29, 0.717) is 0 Å². The predicted octanol–water partition coefficient (Wildman–Crippen LogP) is 2.05. The van der Waals surface area contributed by atoms with E-state index in [1.165, 1.54) is 0 Å². The van der Waals surface area contributed by atoms with Gasteiger partial charge in [-0.3, -0.25) is 9.41 Å². The minimum absolute atomic E-state index is 0. The monoisotopic (exact) mass is 187 g/mol. The van der Waals surface area contributed by atoms with Crippen molar-refractivity contribution in [3.63, 3.8) is 0 Å². The van der Waals surface area contributed by atoms with Crippen molar-refractivity contribution in [2.45, 2.75) is 19.4 Å².